The summed E-state index contributed by atoms with van der Waals surface area (Å²) in [4.78, 5) is 2.38. The summed E-state index contributed by atoms with van der Waals surface area (Å²) in [6.45, 7) is 10.1. The van der Waals surface area contributed by atoms with Crippen molar-refractivity contribution < 1.29 is 8.78 Å². The highest BCUT2D eigenvalue weighted by atomic mass is 35.6. The van der Waals surface area contributed by atoms with Gasteiger partial charge in [0.05, 0.1) is 23.1 Å². The molecule has 3 rings (SSSR count). The Hall–Kier alpha value is -1.45. The van der Waals surface area contributed by atoms with Gasteiger partial charge >= 0.3 is 0 Å². The maximum absolute atomic E-state index is 12.5. The van der Waals surface area contributed by atoms with Gasteiger partial charge in [0.25, 0.3) is 0 Å². The molecule has 4 N–H and O–H groups in total. The number of halogens is 5. The van der Waals surface area contributed by atoms with E-state index in [-0.39, 0.29) is 17.3 Å². The Morgan fingerprint density at radius 3 is 1.73 bits per heavy atom. The minimum atomic E-state index is -0.750. The molecule has 0 aliphatic heterocycles. The van der Waals surface area contributed by atoms with Gasteiger partial charge in [-0.3, -0.25) is 0 Å². The van der Waals surface area contributed by atoms with Crippen LogP contribution in [-0.4, -0.2) is 37.6 Å². The Bertz CT molecular complexity index is 840. The third kappa shape index (κ3) is 13.0. The SMILES string of the molecule is CCN(CC)CC.ClC(Cl)Cl.Fc1ccc2nsnc2c1.Nc1ccc(F)cc1N. The van der Waals surface area contributed by atoms with Gasteiger partial charge in [0.2, 0.25) is 0 Å². The van der Waals surface area contributed by atoms with E-state index in [0.717, 1.165) is 17.2 Å². The second-order valence-electron chi connectivity index (χ2n) is 5.54. The van der Waals surface area contributed by atoms with Crippen LogP contribution in [0.15, 0.2) is 36.4 Å². The molecule has 0 aliphatic carbocycles. The average molecular weight is 501 g/mol. The van der Waals surface area contributed by atoms with Crippen molar-refractivity contribution in [3.63, 3.8) is 0 Å². The van der Waals surface area contributed by atoms with Crippen molar-refractivity contribution in [2.75, 3.05) is 31.1 Å². The zero-order valence-electron chi connectivity index (χ0n) is 17.0. The number of fused-ring (bicyclic) bond motifs is 1. The second-order valence-corrected chi connectivity index (χ2v) is 8.05. The Labute approximate surface area is 195 Å². The molecule has 11 heteroatoms. The molecule has 0 atom stereocenters. The molecular weight excluding hydrogens is 475 g/mol. The van der Waals surface area contributed by atoms with E-state index in [1.54, 1.807) is 6.07 Å². The van der Waals surface area contributed by atoms with Crippen molar-refractivity contribution in [1.29, 1.82) is 0 Å². The summed E-state index contributed by atoms with van der Waals surface area (Å²) in [6.07, 6.45) is 0. The number of anilines is 2. The molecule has 0 fully saturated rings. The van der Waals surface area contributed by atoms with Crippen molar-refractivity contribution in [2.24, 2.45) is 0 Å². The predicted molar refractivity (Wildman–Crippen MR) is 127 cm³/mol. The van der Waals surface area contributed by atoms with E-state index in [0.29, 0.717) is 11.2 Å². The van der Waals surface area contributed by atoms with Crippen LogP contribution in [0.3, 0.4) is 0 Å². The summed E-state index contributed by atoms with van der Waals surface area (Å²) in [5.41, 5.74) is 12.6. The molecule has 0 saturated heterocycles. The number of aromatic nitrogens is 2. The van der Waals surface area contributed by atoms with Crippen molar-refractivity contribution in [3.05, 3.63) is 48.0 Å². The van der Waals surface area contributed by atoms with Crippen molar-refractivity contribution in [1.82, 2.24) is 13.6 Å². The average Bonchev–Trinajstić information content (AvgIpc) is 3.15. The number of hydrogen-bond donors (Lipinski definition) is 2. The van der Waals surface area contributed by atoms with Gasteiger partial charge in [-0.2, -0.15) is 8.75 Å². The van der Waals surface area contributed by atoms with Crippen LogP contribution in [0.1, 0.15) is 20.8 Å². The number of nitrogens with zero attached hydrogens (tertiary/aromatic N) is 3. The Morgan fingerprint density at radius 1 is 0.833 bits per heavy atom. The van der Waals surface area contributed by atoms with Crippen LogP contribution < -0.4 is 11.5 Å². The molecular formula is C19H26Cl3F2N5S. The van der Waals surface area contributed by atoms with Crippen LogP contribution >= 0.6 is 46.5 Å². The largest absolute Gasteiger partial charge is 0.397 e. The van der Waals surface area contributed by atoms with E-state index in [4.69, 9.17) is 46.3 Å². The lowest BCUT2D eigenvalue weighted by Gasteiger charge is -2.13. The van der Waals surface area contributed by atoms with Crippen LogP contribution in [-0.2, 0) is 0 Å². The van der Waals surface area contributed by atoms with Crippen LogP contribution in [0.5, 0.6) is 0 Å². The van der Waals surface area contributed by atoms with Crippen molar-refractivity contribution in [2.45, 2.75) is 25.1 Å². The lowest BCUT2D eigenvalue weighted by Crippen LogP contribution is -2.21. The van der Waals surface area contributed by atoms with Gasteiger partial charge in [0.15, 0.2) is 4.30 Å². The first-order chi connectivity index (χ1) is 14.1. The molecule has 0 unspecified atom stereocenters. The van der Waals surface area contributed by atoms with E-state index < -0.39 is 4.30 Å². The predicted octanol–water partition coefficient (Wildman–Crippen LogP) is 6.16. The number of nitrogen functional groups attached to an aromatic ring is 2. The standard InChI is InChI=1S/C6H3FN2S.C6H7FN2.C6H15N.CHCl3/c7-4-1-2-5-6(3-4)9-10-8-5;7-4-1-2-5(8)6(9)3-4;1-4-7(5-2)6-3;2-1(3)4/h1-3H;1-3H,8-9H2;4-6H2,1-3H3;1H. The molecule has 168 valence electrons. The monoisotopic (exact) mass is 499 g/mol. The fraction of sp³-hybridized carbons (Fsp3) is 0.368. The lowest BCUT2D eigenvalue weighted by atomic mass is 10.3. The molecule has 5 nitrogen and oxygen atoms in total. The molecule has 0 amide bonds. The molecule has 1 heterocycles. The zero-order valence-corrected chi connectivity index (χ0v) is 20.0. The molecule has 0 saturated carbocycles. The summed E-state index contributed by atoms with van der Waals surface area (Å²) in [5.74, 6) is -0.623. The smallest absolute Gasteiger partial charge is 0.180 e. The first-order valence-electron chi connectivity index (χ1n) is 8.97. The molecule has 0 spiro atoms. The van der Waals surface area contributed by atoms with Crippen LogP contribution in [0, 0.1) is 11.6 Å². The fourth-order valence-electron chi connectivity index (χ4n) is 1.97. The molecule has 3 aromatic rings. The minimum absolute atomic E-state index is 0.264. The van der Waals surface area contributed by atoms with Gasteiger partial charge in [0.1, 0.15) is 22.7 Å². The van der Waals surface area contributed by atoms with E-state index in [1.807, 2.05) is 0 Å². The van der Waals surface area contributed by atoms with Gasteiger partial charge in [-0.05, 0) is 50.0 Å². The van der Waals surface area contributed by atoms with Crippen LogP contribution in [0.2, 0.25) is 0 Å². The topological polar surface area (TPSA) is 81.1 Å². The lowest BCUT2D eigenvalue weighted by molar-refractivity contribution is 0.321. The highest BCUT2D eigenvalue weighted by molar-refractivity contribution is 7.00. The Kier molecular flexibility index (Phi) is 15.5. The third-order valence-electron chi connectivity index (χ3n) is 3.61. The highest BCUT2D eigenvalue weighted by Crippen LogP contribution is 2.14. The second kappa shape index (κ2) is 16.3. The minimum Gasteiger partial charge on any atom is -0.397 e. The summed E-state index contributed by atoms with van der Waals surface area (Å²) in [7, 11) is 0. The quantitative estimate of drug-likeness (QED) is 0.333. The van der Waals surface area contributed by atoms with Gasteiger partial charge in [-0.15, -0.1) is 0 Å². The van der Waals surface area contributed by atoms with Crippen molar-refractivity contribution in [3.8, 4) is 0 Å². The summed E-state index contributed by atoms with van der Waals surface area (Å²) < 4.78 is 31.7. The van der Waals surface area contributed by atoms with Gasteiger partial charge in [-0.1, -0.05) is 55.6 Å². The fourth-order valence-corrected chi connectivity index (χ4v) is 2.49. The maximum Gasteiger partial charge on any atom is 0.180 e. The van der Waals surface area contributed by atoms with Crippen molar-refractivity contribution >= 4 is 68.9 Å². The van der Waals surface area contributed by atoms with Gasteiger partial charge < -0.3 is 16.4 Å². The van der Waals surface area contributed by atoms with E-state index >= 15 is 0 Å². The molecule has 0 bridgehead atoms. The van der Waals surface area contributed by atoms with E-state index in [1.165, 1.54) is 50.0 Å². The Balaban J connectivity index is 0.000000393. The first kappa shape index (κ1) is 28.5. The third-order valence-corrected chi connectivity index (χ3v) is 4.16. The summed E-state index contributed by atoms with van der Waals surface area (Å²) in [6, 6.07) is 8.27. The molecule has 0 radical (unpaired) electrons. The summed E-state index contributed by atoms with van der Waals surface area (Å²) in [5, 5.41) is 0. The van der Waals surface area contributed by atoms with Gasteiger partial charge in [0, 0.05) is 6.07 Å². The molecule has 2 aromatic carbocycles. The zero-order chi connectivity index (χ0) is 23.1. The number of benzene rings is 2. The highest BCUT2D eigenvalue weighted by Gasteiger charge is 1.97. The molecule has 1 aromatic heterocycles. The van der Waals surface area contributed by atoms with Gasteiger partial charge in [-0.25, -0.2) is 8.78 Å². The first-order valence-corrected chi connectivity index (χ1v) is 11.0. The Morgan fingerprint density at radius 2 is 1.30 bits per heavy atom. The normalized spacial score (nSPS) is 9.93. The van der Waals surface area contributed by atoms with Crippen LogP contribution in [0.25, 0.3) is 11.0 Å². The number of rotatable bonds is 3. The summed E-state index contributed by atoms with van der Waals surface area (Å²) >= 11 is 15.5. The number of alkyl halides is 3. The maximum atomic E-state index is 12.5. The van der Waals surface area contributed by atoms with Crippen LogP contribution in [0.4, 0.5) is 20.2 Å². The molecule has 30 heavy (non-hydrogen) atoms. The van der Waals surface area contributed by atoms with E-state index in [9.17, 15) is 8.78 Å². The number of hydrogen-bond acceptors (Lipinski definition) is 6. The van der Waals surface area contributed by atoms with E-state index in [2.05, 4.69) is 34.4 Å². The number of nitrogens with two attached hydrogens (primary N) is 2. The molecule has 0 aliphatic rings.